The van der Waals surface area contributed by atoms with E-state index in [2.05, 4.69) is 10.6 Å². The summed E-state index contributed by atoms with van der Waals surface area (Å²) in [6, 6.07) is 1.95. The number of thiophene rings is 1. The number of hydrogen-bond acceptors (Lipinski definition) is 3. The van der Waals surface area contributed by atoms with E-state index in [1.807, 2.05) is 0 Å². The first kappa shape index (κ1) is 10.8. The van der Waals surface area contributed by atoms with Crippen LogP contribution >= 0.6 is 34.5 Å². The molecule has 3 nitrogen and oxygen atoms in total. The highest BCUT2D eigenvalue weighted by Crippen LogP contribution is 2.42. The van der Waals surface area contributed by atoms with Crippen molar-refractivity contribution in [2.75, 3.05) is 13.1 Å². The van der Waals surface area contributed by atoms with Crippen LogP contribution in [0.3, 0.4) is 0 Å². The molecule has 3 rings (SSSR count). The van der Waals surface area contributed by atoms with Crippen molar-refractivity contribution < 1.29 is 4.79 Å². The monoisotopic (exact) mass is 276 g/mol. The standard InChI is InChI=1S/C10H10Cl2N2OS/c11-7-1-4(9(12)16-7)10(15)14-8-5-2-13-3-6(5)8/h1,5-6,8,13H,2-3H2,(H,14,15). The molecule has 1 aromatic rings. The molecule has 0 aromatic carbocycles. The van der Waals surface area contributed by atoms with Crippen molar-refractivity contribution in [3.63, 3.8) is 0 Å². The Morgan fingerprint density at radius 1 is 1.44 bits per heavy atom. The number of rotatable bonds is 2. The molecule has 2 aliphatic rings. The van der Waals surface area contributed by atoms with Crippen LogP contribution < -0.4 is 10.6 Å². The van der Waals surface area contributed by atoms with Gasteiger partial charge in [-0.1, -0.05) is 23.2 Å². The normalized spacial score (nSPS) is 31.2. The lowest BCUT2D eigenvalue weighted by Gasteiger charge is -2.06. The Morgan fingerprint density at radius 2 is 2.12 bits per heavy atom. The predicted octanol–water partition coefficient (Wildman–Crippen LogP) is 2.00. The maximum absolute atomic E-state index is 11.9. The molecule has 0 spiro atoms. The first-order valence-corrected chi connectivity index (χ1v) is 6.70. The molecule has 2 unspecified atom stereocenters. The molecule has 1 aliphatic carbocycles. The van der Waals surface area contributed by atoms with Crippen molar-refractivity contribution in [1.82, 2.24) is 10.6 Å². The van der Waals surface area contributed by atoms with E-state index in [-0.39, 0.29) is 5.91 Å². The largest absolute Gasteiger partial charge is 0.349 e. The molecule has 1 amide bonds. The third-order valence-electron chi connectivity index (χ3n) is 3.29. The lowest BCUT2D eigenvalue weighted by atomic mass is 10.3. The van der Waals surface area contributed by atoms with Gasteiger partial charge in [-0.25, -0.2) is 0 Å². The summed E-state index contributed by atoms with van der Waals surface area (Å²) in [4.78, 5) is 11.9. The van der Waals surface area contributed by atoms with E-state index in [0.29, 0.717) is 32.1 Å². The number of nitrogens with one attached hydrogen (secondary N) is 2. The molecule has 0 radical (unpaired) electrons. The van der Waals surface area contributed by atoms with Crippen molar-refractivity contribution >= 4 is 40.4 Å². The van der Waals surface area contributed by atoms with Crippen LogP contribution in [0.25, 0.3) is 0 Å². The number of halogens is 2. The van der Waals surface area contributed by atoms with Crippen LogP contribution in [-0.4, -0.2) is 25.0 Å². The van der Waals surface area contributed by atoms with Gasteiger partial charge in [-0.2, -0.15) is 0 Å². The smallest absolute Gasteiger partial charge is 0.253 e. The molecule has 1 saturated carbocycles. The van der Waals surface area contributed by atoms with Gasteiger partial charge in [0.2, 0.25) is 0 Å². The van der Waals surface area contributed by atoms with E-state index in [1.54, 1.807) is 6.07 Å². The fourth-order valence-corrected chi connectivity index (χ4v) is 3.81. The maximum atomic E-state index is 11.9. The highest BCUT2D eigenvalue weighted by Gasteiger charge is 2.53. The van der Waals surface area contributed by atoms with Gasteiger partial charge in [-0.3, -0.25) is 4.79 Å². The fourth-order valence-electron chi connectivity index (χ4n) is 2.36. The molecule has 86 valence electrons. The van der Waals surface area contributed by atoms with Gasteiger partial charge < -0.3 is 10.6 Å². The summed E-state index contributed by atoms with van der Waals surface area (Å²) < 4.78 is 1.01. The average molecular weight is 277 g/mol. The Bertz CT molecular complexity index is 438. The van der Waals surface area contributed by atoms with Crippen LogP contribution in [0, 0.1) is 11.8 Å². The van der Waals surface area contributed by atoms with Gasteiger partial charge in [0.1, 0.15) is 4.34 Å². The topological polar surface area (TPSA) is 41.1 Å². The number of carbonyl (C=O) groups excluding carboxylic acids is 1. The van der Waals surface area contributed by atoms with Gasteiger partial charge >= 0.3 is 0 Å². The molecular weight excluding hydrogens is 267 g/mol. The van der Waals surface area contributed by atoms with E-state index >= 15 is 0 Å². The summed E-state index contributed by atoms with van der Waals surface area (Å²) in [6.07, 6.45) is 0. The van der Waals surface area contributed by atoms with E-state index < -0.39 is 0 Å². The molecule has 0 bridgehead atoms. The summed E-state index contributed by atoms with van der Waals surface area (Å²) in [5.41, 5.74) is 0.495. The van der Waals surface area contributed by atoms with Crippen molar-refractivity contribution in [2.45, 2.75) is 6.04 Å². The van der Waals surface area contributed by atoms with Crippen molar-refractivity contribution in [3.05, 3.63) is 20.3 Å². The van der Waals surface area contributed by atoms with Crippen LogP contribution in [0.4, 0.5) is 0 Å². The third-order valence-corrected chi connectivity index (χ3v) is 4.78. The van der Waals surface area contributed by atoms with Crippen LogP contribution in [-0.2, 0) is 0 Å². The Labute approximate surface area is 107 Å². The second-order valence-electron chi connectivity index (χ2n) is 4.22. The predicted molar refractivity (Wildman–Crippen MR) is 65.4 cm³/mol. The van der Waals surface area contributed by atoms with Crippen molar-refractivity contribution in [3.8, 4) is 0 Å². The zero-order valence-corrected chi connectivity index (χ0v) is 10.6. The Kier molecular flexibility index (Phi) is 2.63. The number of piperidine rings is 1. The zero-order chi connectivity index (χ0) is 11.3. The number of amides is 1. The summed E-state index contributed by atoms with van der Waals surface area (Å²) in [5.74, 6) is 1.11. The number of hydrogen-bond donors (Lipinski definition) is 2. The summed E-state index contributed by atoms with van der Waals surface area (Å²) in [6.45, 7) is 2.02. The maximum Gasteiger partial charge on any atom is 0.253 e. The van der Waals surface area contributed by atoms with Crippen LogP contribution in [0.2, 0.25) is 8.67 Å². The number of fused-ring (bicyclic) bond motifs is 1. The molecule has 1 aromatic heterocycles. The molecule has 2 N–H and O–H groups in total. The van der Waals surface area contributed by atoms with E-state index in [9.17, 15) is 4.79 Å². The van der Waals surface area contributed by atoms with Crippen molar-refractivity contribution in [1.29, 1.82) is 0 Å². The Hall–Kier alpha value is -0.290. The van der Waals surface area contributed by atoms with Gasteiger partial charge in [0, 0.05) is 19.1 Å². The molecule has 2 atom stereocenters. The lowest BCUT2D eigenvalue weighted by molar-refractivity contribution is 0.0947. The molecule has 2 heterocycles. The van der Waals surface area contributed by atoms with Gasteiger partial charge in [-0.05, 0) is 17.9 Å². The van der Waals surface area contributed by atoms with E-state index in [1.165, 1.54) is 11.3 Å². The van der Waals surface area contributed by atoms with Crippen molar-refractivity contribution in [2.24, 2.45) is 11.8 Å². The van der Waals surface area contributed by atoms with E-state index in [0.717, 1.165) is 13.1 Å². The second kappa shape index (κ2) is 3.88. The van der Waals surface area contributed by atoms with Gasteiger partial charge in [-0.15, -0.1) is 11.3 Å². The minimum Gasteiger partial charge on any atom is -0.349 e. The summed E-state index contributed by atoms with van der Waals surface area (Å²) in [7, 11) is 0. The molecule has 6 heteroatoms. The molecule has 1 saturated heterocycles. The van der Waals surface area contributed by atoms with Crippen LogP contribution in [0.1, 0.15) is 10.4 Å². The van der Waals surface area contributed by atoms with Gasteiger partial charge in [0.15, 0.2) is 0 Å². The lowest BCUT2D eigenvalue weighted by Crippen LogP contribution is -2.32. The zero-order valence-electron chi connectivity index (χ0n) is 8.30. The van der Waals surface area contributed by atoms with E-state index in [4.69, 9.17) is 23.2 Å². The molecule has 1 aliphatic heterocycles. The minimum atomic E-state index is -0.104. The average Bonchev–Trinajstić information content (AvgIpc) is 2.66. The third kappa shape index (κ3) is 1.74. The SMILES string of the molecule is O=C(NC1C2CNCC21)c1cc(Cl)sc1Cl. The minimum absolute atomic E-state index is 0.104. The first-order chi connectivity index (χ1) is 7.66. The van der Waals surface area contributed by atoms with Crippen LogP contribution in [0.15, 0.2) is 6.07 Å². The Morgan fingerprint density at radius 3 is 2.69 bits per heavy atom. The van der Waals surface area contributed by atoms with Gasteiger partial charge in [0.05, 0.1) is 9.90 Å². The highest BCUT2D eigenvalue weighted by molar-refractivity contribution is 7.20. The summed E-state index contributed by atoms with van der Waals surface area (Å²) in [5, 5.41) is 6.29. The first-order valence-electron chi connectivity index (χ1n) is 5.13. The van der Waals surface area contributed by atoms with Gasteiger partial charge in [0.25, 0.3) is 5.91 Å². The second-order valence-corrected chi connectivity index (χ2v) is 6.51. The highest BCUT2D eigenvalue weighted by atomic mass is 35.5. The fraction of sp³-hybridized carbons (Fsp3) is 0.500. The summed E-state index contributed by atoms with van der Waals surface area (Å²) >= 11 is 13.0. The molecule has 2 fully saturated rings. The quantitative estimate of drug-likeness (QED) is 0.868. The number of carbonyl (C=O) groups is 1. The molecule has 16 heavy (non-hydrogen) atoms. The Balaban J connectivity index is 1.68. The van der Waals surface area contributed by atoms with Crippen LogP contribution in [0.5, 0.6) is 0 Å². The molecular formula is C10H10Cl2N2OS.